The average Bonchev–Trinajstić information content (AvgIpc) is 3.52. The van der Waals surface area contributed by atoms with Crippen molar-refractivity contribution in [3.8, 4) is 5.75 Å². The fourth-order valence-electron chi connectivity index (χ4n) is 5.33. The van der Waals surface area contributed by atoms with Gasteiger partial charge in [0, 0.05) is 11.6 Å². The van der Waals surface area contributed by atoms with Gasteiger partial charge in [0.15, 0.2) is 22.5 Å². The summed E-state index contributed by atoms with van der Waals surface area (Å²) in [5.41, 5.74) is -0.236. The molecule has 1 aromatic heterocycles. The summed E-state index contributed by atoms with van der Waals surface area (Å²) in [4.78, 5) is 12.5. The molecule has 180 valence electrons. The molecule has 2 bridgehead atoms. The molecule has 1 heterocycles. The second-order valence-corrected chi connectivity index (χ2v) is 11.1. The zero-order valence-corrected chi connectivity index (χ0v) is 20.8. The van der Waals surface area contributed by atoms with Crippen molar-refractivity contribution in [2.24, 2.45) is 17.8 Å². The third kappa shape index (κ3) is 5.53. The molecule has 2 aliphatic rings. The molecule has 1 N–H and O–H groups in total. The number of benzene rings is 1. The first-order valence-electron chi connectivity index (χ1n) is 12.0. The maximum Gasteiger partial charge on any atom is 0.230 e. The normalized spacial score (nSPS) is 23.0. The van der Waals surface area contributed by atoms with Gasteiger partial charge in [0.2, 0.25) is 5.91 Å². The number of hydrogen-bond acceptors (Lipinski definition) is 5. The highest BCUT2D eigenvalue weighted by Gasteiger charge is 2.43. The Bertz CT molecular complexity index is 979. The van der Waals surface area contributed by atoms with Crippen LogP contribution >= 0.6 is 11.8 Å². The smallest absolute Gasteiger partial charge is 0.230 e. The Kier molecular flexibility index (Phi) is 7.31. The van der Waals surface area contributed by atoms with Crippen molar-refractivity contribution in [2.75, 3.05) is 5.75 Å². The van der Waals surface area contributed by atoms with E-state index in [1.165, 1.54) is 43.5 Å². The Hall–Kier alpha value is -2.09. The van der Waals surface area contributed by atoms with Crippen molar-refractivity contribution in [2.45, 2.75) is 83.1 Å². The summed E-state index contributed by atoms with van der Waals surface area (Å²) < 4.78 is 22.0. The van der Waals surface area contributed by atoms with E-state index >= 15 is 0 Å². The Morgan fingerprint density at radius 1 is 1.30 bits per heavy atom. The Labute approximate surface area is 200 Å². The van der Waals surface area contributed by atoms with E-state index in [1.807, 2.05) is 13.8 Å². The van der Waals surface area contributed by atoms with Crippen molar-refractivity contribution in [1.29, 1.82) is 0 Å². The van der Waals surface area contributed by atoms with E-state index in [4.69, 9.17) is 4.74 Å². The first-order chi connectivity index (χ1) is 15.8. The van der Waals surface area contributed by atoms with E-state index in [0.29, 0.717) is 11.7 Å². The predicted octanol–water partition coefficient (Wildman–Crippen LogP) is 5.39. The van der Waals surface area contributed by atoms with Crippen LogP contribution in [0, 0.1) is 23.6 Å². The van der Waals surface area contributed by atoms with Crippen molar-refractivity contribution in [1.82, 2.24) is 20.1 Å². The molecule has 2 fully saturated rings. The Morgan fingerprint density at radius 2 is 2.09 bits per heavy atom. The number of fused-ring (bicyclic) bond motifs is 2. The number of hydrogen-bond donors (Lipinski definition) is 1. The van der Waals surface area contributed by atoms with Gasteiger partial charge in [-0.25, -0.2) is 4.39 Å². The lowest BCUT2D eigenvalue weighted by atomic mass is 9.84. The molecule has 2 aliphatic carbocycles. The van der Waals surface area contributed by atoms with Crippen molar-refractivity contribution in [3.05, 3.63) is 35.9 Å². The second-order valence-electron chi connectivity index (χ2n) is 10.1. The minimum atomic E-state index is -0.394. The van der Waals surface area contributed by atoms with Gasteiger partial charge in [0.25, 0.3) is 0 Å². The average molecular weight is 475 g/mol. The van der Waals surface area contributed by atoms with Gasteiger partial charge in [-0.2, -0.15) is 0 Å². The number of nitrogens with one attached hydrogen (secondary N) is 1. The molecule has 4 rings (SSSR count). The summed E-state index contributed by atoms with van der Waals surface area (Å²) in [5.74, 6) is 2.88. The van der Waals surface area contributed by atoms with Gasteiger partial charge in [-0.05, 0) is 76.3 Å². The van der Waals surface area contributed by atoms with Gasteiger partial charge in [0.1, 0.15) is 6.61 Å². The molecule has 0 spiro atoms. The second kappa shape index (κ2) is 10.0. The molecule has 33 heavy (non-hydrogen) atoms. The highest BCUT2D eigenvalue weighted by Crippen LogP contribution is 2.52. The first kappa shape index (κ1) is 24.0. The molecule has 6 nitrogen and oxygen atoms in total. The van der Waals surface area contributed by atoms with Crippen molar-refractivity contribution >= 4 is 17.7 Å². The van der Waals surface area contributed by atoms with Crippen LogP contribution in [0.1, 0.15) is 71.7 Å². The number of halogens is 1. The van der Waals surface area contributed by atoms with Crippen LogP contribution in [0.3, 0.4) is 0 Å². The number of rotatable bonds is 10. The van der Waals surface area contributed by atoms with Crippen LogP contribution in [0.2, 0.25) is 0 Å². The molecular formula is C25H35FN4O2S. The van der Waals surface area contributed by atoms with Gasteiger partial charge in [-0.1, -0.05) is 37.2 Å². The molecule has 4 unspecified atom stereocenters. The van der Waals surface area contributed by atoms with Gasteiger partial charge >= 0.3 is 0 Å². The van der Waals surface area contributed by atoms with Crippen LogP contribution < -0.4 is 10.1 Å². The molecule has 0 aliphatic heterocycles. The third-order valence-corrected chi connectivity index (χ3v) is 8.39. The summed E-state index contributed by atoms with van der Waals surface area (Å²) >= 11 is 1.41. The SMILES string of the molecule is CCC(C)(C)NC(=O)CSc1nnc(COc2ccccc2F)n1C(C)C1CC2CCC1C2. The minimum absolute atomic E-state index is 0.0156. The quantitative estimate of drug-likeness (QED) is 0.468. The topological polar surface area (TPSA) is 69.0 Å². The number of nitrogens with zero attached hydrogens (tertiary/aromatic N) is 3. The van der Waals surface area contributed by atoms with Crippen molar-refractivity contribution in [3.63, 3.8) is 0 Å². The number of aromatic nitrogens is 3. The summed E-state index contributed by atoms with van der Waals surface area (Å²) in [6.07, 6.45) is 6.04. The fraction of sp³-hybridized carbons (Fsp3) is 0.640. The van der Waals surface area contributed by atoms with Gasteiger partial charge in [0.05, 0.1) is 5.75 Å². The zero-order chi connectivity index (χ0) is 23.6. The van der Waals surface area contributed by atoms with Crippen LogP contribution in [0.25, 0.3) is 0 Å². The number of amides is 1. The monoisotopic (exact) mass is 474 g/mol. The lowest BCUT2D eigenvalue weighted by Crippen LogP contribution is -2.43. The highest BCUT2D eigenvalue weighted by molar-refractivity contribution is 7.99. The fourth-order valence-corrected chi connectivity index (χ4v) is 6.17. The van der Waals surface area contributed by atoms with Crippen LogP contribution in [-0.2, 0) is 11.4 Å². The van der Waals surface area contributed by atoms with E-state index < -0.39 is 5.82 Å². The number of para-hydroxylation sites is 1. The number of thioether (sulfide) groups is 1. The Balaban J connectivity index is 1.51. The van der Waals surface area contributed by atoms with E-state index in [-0.39, 0.29) is 35.6 Å². The van der Waals surface area contributed by atoms with Crippen LogP contribution in [0.15, 0.2) is 29.4 Å². The van der Waals surface area contributed by atoms with Crippen molar-refractivity contribution < 1.29 is 13.9 Å². The Morgan fingerprint density at radius 3 is 2.76 bits per heavy atom. The molecule has 2 saturated carbocycles. The van der Waals surface area contributed by atoms with E-state index in [2.05, 4.69) is 33.9 Å². The standard InChI is InChI=1S/C25H35FN4O2S/c1-5-25(3,4)27-23(31)15-33-24-29-28-22(14-32-21-9-7-6-8-20(21)26)30(24)16(2)19-13-17-10-11-18(19)12-17/h6-9,16-19H,5,10-15H2,1-4H3,(H,27,31). The molecule has 8 heteroatoms. The lowest BCUT2D eigenvalue weighted by molar-refractivity contribution is -0.120. The van der Waals surface area contributed by atoms with Crippen LogP contribution in [0.5, 0.6) is 5.75 Å². The maximum atomic E-state index is 14.1. The molecule has 1 aromatic carbocycles. The number of carbonyl (C=O) groups is 1. The minimum Gasteiger partial charge on any atom is -0.483 e. The molecular weight excluding hydrogens is 439 g/mol. The third-order valence-electron chi connectivity index (χ3n) is 7.44. The molecule has 4 atom stereocenters. The van der Waals surface area contributed by atoms with Gasteiger partial charge in [-0.15, -0.1) is 10.2 Å². The summed E-state index contributed by atoms with van der Waals surface area (Å²) in [7, 11) is 0. The summed E-state index contributed by atoms with van der Waals surface area (Å²) in [6, 6.07) is 6.59. The predicted molar refractivity (Wildman–Crippen MR) is 128 cm³/mol. The highest BCUT2D eigenvalue weighted by atomic mass is 32.2. The molecule has 1 amide bonds. The summed E-state index contributed by atoms with van der Waals surface area (Å²) in [5, 5.41) is 12.6. The first-order valence-corrected chi connectivity index (χ1v) is 13.0. The van der Waals surface area contributed by atoms with Crippen LogP contribution in [-0.4, -0.2) is 32.0 Å². The molecule has 0 saturated heterocycles. The largest absolute Gasteiger partial charge is 0.483 e. The van der Waals surface area contributed by atoms with E-state index in [1.54, 1.807) is 18.2 Å². The molecule has 2 aromatic rings. The van der Waals surface area contributed by atoms with Gasteiger partial charge in [-0.3, -0.25) is 9.36 Å². The summed E-state index contributed by atoms with van der Waals surface area (Å²) in [6.45, 7) is 8.46. The van der Waals surface area contributed by atoms with Gasteiger partial charge < -0.3 is 10.1 Å². The lowest BCUT2D eigenvalue weighted by Gasteiger charge is -2.30. The molecule has 0 radical (unpaired) electrons. The number of ether oxygens (including phenoxy) is 1. The maximum absolute atomic E-state index is 14.1. The van der Waals surface area contributed by atoms with Crippen LogP contribution in [0.4, 0.5) is 4.39 Å². The van der Waals surface area contributed by atoms with E-state index in [0.717, 1.165) is 23.4 Å². The zero-order valence-electron chi connectivity index (χ0n) is 20.0. The number of carbonyl (C=O) groups excluding carboxylic acids is 1. The van der Waals surface area contributed by atoms with E-state index in [9.17, 15) is 9.18 Å².